The number of benzene rings is 2. The van der Waals surface area contributed by atoms with Gasteiger partial charge in [0.2, 0.25) is 0 Å². The van der Waals surface area contributed by atoms with Crippen LogP contribution < -0.4 is 10.1 Å². The van der Waals surface area contributed by atoms with Gasteiger partial charge in [-0.1, -0.05) is 54.3 Å². The number of amides is 1. The van der Waals surface area contributed by atoms with Crippen LogP contribution in [-0.2, 0) is 4.79 Å². The monoisotopic (exact) mass is 384 g/mol. The molecule has 1 heterocycles. The Morgan fingerprint density at radius 3 is 2.77 bits per heavy atom. The fourth-order valence-corrected chi connectivity index (χ4v) is 3.90. The van der Waals surface area contributed by atoms with Gasteiger partial charge in [0.1, 0.15) is 10.1 Å². The van der Waals surface area contributed by atoms with E-state index in [9.17, 15) is 4.79 Å². The summed E-state index contributed by atoms with van der Waals surface area (Å²) in [5, 5.41) is 3.32. The first-order valence-corrected chi connectivity index (χ1v) is 9.41. The lowest BCUT2D eigenvalue weighted by molar-refractivity contribution is -0.121. The largest absolute Gasteiger partial charge is 0.496 e. The van der Waals surface area contributed by atoms with Crippen LogP contribution >= 0.6 is 24.0 Å². The zero-order valence-electron chi connectivity index (χ0n) is 14.9. The van der Waals surface area contributed by atoms with Crippen LogP contribution in [0.4, 0.5) is 5.69 Å². The van der Waals surface area contributed by atoms with Crippen molar-refractivity contribution >= 4 is 46.0 Å². The number of nitrogens with one attached hydrogen (secondary N) is 1. The summed E-state index contributed by atoms with van der Waals surface area (Å²) in [6.07, 6.45) is 1.83. The molecule has 0 atom stereocenters. The van der Waals surface area contributed by atoms with Gasteiger partial charge in [-0.15, -0.1) is 0 Å². The topological polar surface area (TPSA) is 41.6 Å². The normalized spacial score (nSPS) is 15.7. The molecule has 1 saturated heterocycles. The molecule has 1 amide bonds. The van der Waals surface area contributed by atoms with Crippen LogP contribution in [0.25, 0.3) is 6.08 Å². The van der Waals surface area contributed by atoms with Gasteiger partial charge in [0.25, 0.3) is 5.91 Å². The van der Waals surface area contributed by atoms with E-state index in [1.807, 2.05) is 44.2 Å². The molecule has 0 spiro atoms. The average Bonchev–Trinajstić information content (AvgIpc) is 2.89. The summed E-state index contributed by atoms with van der Waals surface area (Å²) in [7, 11) is 1.62. The van der Waals surface area contributed by atoms with Crippen molar-refractivity contribution in [3.05, 3.63) is 64.1 Å². The molecule has 1 fully saturated rings. The van der Waals surface area contributed by atoms with Gasteiger partial charge in [0.15, 0.2) is 0 Å². The Morgan fingerprint density at radius 2 is 2.00 bits per heavy atom. The SMILES string of the molecule is COc1ccccc1/C=C1/SC(=S)N(CNc2cc(C)ccc2C)C1=O. The van der Waals surface area contributed by atoms with Gasteiger partial charge in [-0.05, 0) is 43.2 Å². The van der Waals surface area contributed by atoms with E-state index >= 15 is 0 Å². The van der Waals surface area contributed by atoms with Crippen LogP contribution in [0.15, 0.2) is 47.4 Å². The molecular weight excluding hydrogens is 364 g/mol. The number of thioether (sulfide) groups is 1. The van der Waals surface area contributed by atoms with E-state index in [2.05, 4.69) is 23.5 Å². The molecule has 1 aliphatic rings. The van der Waals surface area contributed by atoms with Crippen molar-refractivity contribution in [3.8, 4) is 5.75 Å². The second-order valence-electron chi connectivity index (χ2n) is 6.00. The van der Waals surface area contributed by atoms with Crippen molar-refractivity contribution in [1.29, 1.82) is 0 Å². The number of hydrogen-bond acceptors (Lipinski definition) is 5. The van der Waals surface area contributed by atoms with E-state index < -0.39 is 0 Å². The molecule has 0 radical (unpaired) electrons. The maximum Gasteiger partial charge on any atom is 0.267 e. The second-order valence-corrected chi connectivity index (χ2v) is 7.68. The predicted octanol–water partition coefficient (Wildman–Crippen LogP) is 4.58. The first-order chi connectivity index (χ1) is 12.5. The summed E-state index contributed by atoms with van der Waals surface area (Å²) in [6.45, 7) is 4.42. The Hall–Kier alpha value is -2.31. The molecule has 2 aromatic carbocycles. The molecule has 1 aliphatic heterocycles. The van der Waals surface area contributed by atoms with Crippen molar-refractivity contribution in [1.82, 2.24) is 4.90 Å². The maximum atomic E-state index is 12.8. The zero-order valence-corrected chi connectivity index (χ0v) is 16.5. The maximum absolute atomic E-state index is 12.8. The number of carbonyl (C=O) groups excluding carboxylic acids is 1. The van der Waals surface area contributed by atoms with Gasteiger partial charge in [-0.25, -0.2) is 0 Å². The second kappa shape index (κ2) is 7.93. The summed E-state index contributed by atoms with van der Waals surface area (Å²) in [5.74, 6) is 0.634. The molecule has 0 saturated carbocycles. The molecule has 26 heavy (non-hydrogen) atoms. The number of thiocarbonyl (C=S) groups is 1. The Bertz CT molecular complexity index is 893. The number of aryl methyl sites for hydroxylation is 2. The Balaban J connectivity index is 1.77. The van der Waals surface area contributed by atoms with Crippen molar-refractivity contribution in [2.45, 2.75) is 13.8 Å². The summed E-state index contributed by atoms with van der Waals surface area (Å²) in [5.41, 5.74) is 4.16. The van der Waals surface area contributed by atoms with Crippen molar-refractivity contribution in [3.63, 3.8) is 0 Å². The molecule has 0 bridgehead atoms. The van der Waals surface area contributed by atoms with Crippen LogP contribution in [0, 0.1) is 13.8 Å². The minimum absolute atomic E-state index is 0.0938. The van der Waals surface area contributed by atoms with Gasteiger partial charge in [0.05, 0.1) is 18.7 Å². The number of rotatable bonds is 5. The summed E-state index contributed by atoms with van der Waals surface area (Å²) < 4.78 is 5.90. The third kappa shape index (κ3) is 3.92. The van der Waals surface area contributed by atoms with Gasteiger partial charge in [-0.3, -0.25) is 9.69 Å². The van der Waals surface area contributed by atoms with E-state index in [1.54, 1.807) is 12.0 Å². The summed E-state index contributed by atoms with van der Waals surface area (Å²) in [6, 6.07) is 13.8. The molecule has 2 aromatic rings. The van der Waals surface area contributed by atoms with Gasteiger partial charge < -0.3 is 10.1 Å². The predicted molar refractivity (Wildman–Crippen MR) is 112 cm³/mol. The molecule has 3 rings (SSSR count). The van der Waals surface area contributed by atoms with Crippen LogP contribution in [0.2, 0.25) is 0 Å². The fourth-order valence-electron chi connectivity index (χ4n) is 2.65. The minimum Gasteiger partial charge on any atom is -0.496 e. The van der Waals surface area contributed by atoms with Gasteiger partial charge in [-0.2, -0.15) is 0 Å². The third-order valence-electron chi connectivity index (χ3n) is 4.12. The number of carbonyl (C=O) groups is 1. The third-order valence-corrected chi connectivity index (χ3v) is 5.50. The van der Waals surface area contributed by atoms with E-state index in [-0.39, 0.29) is 5.91 Å². The highest BCUT2D eigenvalue weighted by molar-refractivity contribution is 8.26. The zero-order chi connectivity index (χ0) is 18.7. The van der Waals surface area contributed by atoms with Gasteiger partial charge >= 0.3 is 0 Å². The molecule has 0 unspecified atom stereocenters. The fraction of sp³-hybridized carbons (Fsp3) is 0.200. The Kier molecular flexibility index (Phi) is 5.64. The highest BCUT2D eigenvalue weighted by Gasteiger charge is 2.32. The Morgan fingerprint density at radius 1 is 1.23 bits per heavy atom. The lowest BCUT2D eigenvalue weighted by atomic mass is 10.1. The van der Waals surface area contributed by atoms with E-state index in [0.29, 0.717) is 15.9 Å². The smallest absolute Gasteiger partial charge is 0.267 e. The Labute approximate surface area is 163 Å². The minimum atomic E-state index is -0.0938. The number of ether oxygens (including phenoxy) is 1. The van der Waals surface area contributed by atoms with Crippen molar-refractivity contribution in [2.24, 2.45) is 0 Å². The number of methoxy groups -OCH3 is 1. The number of nitrogens with zero attached hydrogens (tertiary/aromatic N) is 1. The van der Waals surface area contributed by atoms with Crippen molar-refractivity contribution < 1.29 is 9.53 Å². The molecule has 134 valence electrons. The molecule has 0 aromatic heterocycles. The summed E-state index contributed by atoms with van der Waals surface area (Å²) in [4.78, 5) is 14.9. The number of para-hydroxylation sites is 1. The quantitative estimate of drug-likeness (QED) is 0.603. The summed E-state index contributed by atoms with van der Waals surface area (Å²) >= 11 is 6.71. The molecular formula is C20H20N2O2S2. The molecule has 6 heteroatoms. The molecule has 1 N–H and O–H groups in total. The van der Waals surface area contributed by atoms with Crippen LogP contribution in [0.3, 0.4) is 0 Å². The highest BCUT2D eigenvalue weighted by Crippen LogP contribution is 2.34. The first kappa shape index (κ1) is 18.5. The van der Waals surface area contributed by atoms with Crippen molar-refractivity contribution in [2.75, 3.05) is 19.1 Å². The van der Waals surface area contributed by atoms with Crippen LogP contribution in [0.5, 0.6) is 5.75 Å². The number of hydrogen-bond donors (Lipinski definition) is 1. The molecule has 0 aliphatic carbocycles. The van der Waals surface area contributed by atoms with E-state index in [0.717, 1.165) is 22.6 Å². The van der Waals surface area contributed by atoms with Crippen LogP contribution in [0.1, 0.15) is 16.7 Å². The van der Waals surface area contributed by atoms with E-state index in [4.69, 9.17) is 17.0 Å². The van der Waals surface area contributed by atoms with Crippen LogP contribution in [-0.4, -0.2) is 28.9 Å². The highest BCUT2D eigenvalue weighted by atomic mass is 32.2. The first-order valence-electron chi connectivity index (χ1n) is 8.19. The van der Waals surface area contributed by atoms with Gasteiger partial charge in [0, 0.05) is 11.3 Å². The van der Waals surface area contributed by atoms with E-state index in [1.165, 1.54) is 17.3 Å². The lowest BCUT2D eigenvalue weighted by Crippen LogP contribution is -2.33. The number of anilines is 1. The lowest BCUT2D eigenvalue weighted by Gasteiger charge is -2.17. The standard InChI is InChI=1S/C20H20N2O2S2/c1-13-8-9-14(2)16(10-13)21-12-22-19(23)18(26-20(22)25)11-15-6-4-5-7-17(15)24-3/h4-11,21H,12H2,1-3H3/b18-11+. The molecule has 4 nitrogen and oxygen atoms in total. The average molecular weight is 385 g/mol.